The largest absolute Gasteiger partial charge is 0.375 e. The summed E-state index contributed by atoms with van der Waals surface area (Å²) >= 11 is 0. The van der Waals surface area contributed by atoms with Crippen molar-refractivity contribution >= 4 is 11.8 Å². The Morgan fingerprint density at radius 3 is 2.57 bits per heavy atom. The lowest BCUT2D eigenvalue weighted by atomic mass is 10.1. The van der Waals surface area contributed by atoms with Gasteiger partial charge in [0.1, 0.15) is 12.6 Å². The van der Waals surface area contributed by atoms with Gasteiger partial charge in [-0.25, -0.2) is 0 Å². The van der Waals surface area contributed by atoms with Crippen molar-refractivity contribution in [2.24, 2.45) is 5.73 Å². The van der Waals surface area contributed by atoms with Crippen molar-refractivity contribution in [1.82, 2.24) is 5.32 Å². The first-order valence-corrected chi connectivity index (χ1v) is 4.69. The van der Waals surface area contributed by atoms with Crippen LogP contribution in [0.5, 0.6) is 0 Å². The minimum atomic E-state index is -0.572. The third-order valence-electron chi connectivity index (χ3n) is 1.80. The Hall–Kier alpha value is -1.10. The van der Waals surface area contributed by atoms with Crippen LogP contribution in [-0.2, 0) is 14.3 Å². The molecule has 0 saturated heterocycles. The predicted molar refractivity (Wildman–Crippen MR) is 52.5 cm³/mol. The van der Waals surface area contributed by atoms with Gasteiger partial charge in [0.15, 0.2) is 0 Å². The minimum absolute atomic E-state index is 0.0457. The fourth-order valence-electron chi connectivity index (χ4n) is 1.06. The summed E-state index contributed by atoms with van der Waals surface area (Å²) in [7, 11) is 1.42. The zero-order chi connectivity index (χ0) is 11.0. The molecule has 2 amide bonds. The number of unbranched alkanes of at least 4 members (excludes halogenated alkanes) is 1. The number of hydrogen-bond donors (Lipinski definition) is 2. The van der Waals surface area contributed by atoms with Crippen molar-refractivity contribution in [1.29, 1.82) is 0 Å². The predicted octanol–water partition coefficient (Wildman–Crippen LogP) is -0.207. The highest BCUT2D eigenvalue weighted by Gasteiger charge is 2.16. The number of primary amides is 1. The molecule has 0 heterocycles. The van der Waals surface area contributed by atoms with Crippen LogP contribution in [0.15, 0.2) is 0 Å². The monoisotopic (exact) mass is 202 g/mol. The summed E-state index contributed by atoms with van der Waals surface area (Å²) in [5.41, 5.74) is 5.13. The molecular weight excluding hydrogens is 184 g/mol. The first kappa shape index (κ1) is 12.9. The Morgan fingerprint density at radius 2 is 2.14 bits per heavy atom. The second kappa shape index (κ2) is 7.32. The van der Waals surface area contributed by atoms with Crippen LogP contribution in [0.25, 0.3) is 0 Å². The fraction of sp³-hybridized carbons (Fsp3) is 0.778. The molecular formula is C9H18N2O3. The van der Waals surface area contributed by atoms with E-state index in [2.05, 4.69) is 10.1 Å². The topological polar surface area (TPSA) is 81.4 Å². The quantitative estimate of drug-likeness (QED) is 0.599. The summed E-state index contributed by atoms with van der Waals surface area (Å²) in [6, 6.07) is -0.572. The maximum Gasteiger partial charge on any atom is 0.246 e. The number of nitrogens with one attached hydrogen (secondary N) is 1. The van der Waals surface area contributed by atoms with E-state index < -0.39 is 11.9 Å². The van der Waals surface area contributed by atoms with Crippen LogP contribution in [0.1, 0.15) is 26.2 Å². The maximum absolute atomic E-state index is 11.1. The van der Waals surface area contributed by atoms with Gasteiger partial charge >= 0.3 is 0 Å². The van der Waals surface area contributed by atoms with Gasteiger partial charge in [-0.15, -0.1) is 0 Å². The summed E-state index contributed by atoms with van der Waals surface area (Å²) < 4.78 is 4.62. The standard InChI is InChI=1S/C9H18N2O3/c1-3-4-5-7(9(10)13)11-8(12)6-14-2/h7H,3-6H2,1-2H3,(H2,10,13)(H,11,12)/t7-/m0/s1. The molecule has 5 nitrogen and oxygen atoms in total. The van der Waals surface area contributed by atoms with Crippen molar-refractivity contribution in [3.05, 3.63) is 0 Å². The van der Waals surface area contributed by atoms with Crippen molar-refractivity contribution in [3.8, 4) is 0 Å². The summed E-state index contributed by atoms with van der Waals surface area (Å²) in [6.07, 6.45) is 2.41. The molecule has 0 aromatic heterocycles. The molecule has 14 heavy (non-hydrogen) atoms. The van der Waals surface area contributed by atoms with E-state index in [-0.39, 0.29) is 12.5 Å². The summed E-state index contributed by atoms with van der Waals surface area (Å²) in [5, 5.41) is 2.51. The van der Waals surface area contributed by atoms with Crippen molar-refractivity contribution < 1.29 is 14.3 Å². The number of carbonyl (C=O) groups is 2. The zero-order valence-corrected chi connectivity index (χ0v) is 8.71. The van der Waals surface area contributed by atoms with Gasteiger partial charge in [0.05, 0.1) is 0 Å². The number of amides is 2. The lowest BCUT2D eigenvalue weighted by Gasteiger charge is -2.14. The van der Waals surface area contributed by atoms with E-state index in [1.807, 2.05) is 6.92 Å². The molecule has 0 aliphatic heterocycles. The number of rotatable bonds is 7. The molecule has 0 bridgehead atoms. The van der Waals surface area contributed by atoms with Crippen LogP contribution < -0.4 is 11.1 Å². The van der Waals surface area contributed by atoms with E-state index in [1.54, 1.807) is 0 Å². The maximum atomic E-state index is 11.1. The molecule has 0 aliphatic carbocycles. The molecule has 0 radical (unpaired) electrons. The van der Waals surface area contributed by atoms with Crippen LogP contribution in [0.4, 0.5) is 0 Å². The number of carbonyl (C=O) groups excluding carboxylic acids is 2. The van der Waals surface area contributed by atoms with Crippen LogP contribution >= 0.6 is 0 Å². The van der Waals surface area contributed by atoms with Crippen molar-refractivity contribution in [2.75, 3.05) is 13.7 Å². The molecule has 0 aromatic rings. The third kappa shape index (κ3) is 5.53. The first-order chi connectivity index (χ1) is 6.61. The van der Waals surface area contributed by atoms with E-state index in [4.69, 9.17) is 5.73 Å². The second-order valence-corrected chi connectivity index (χ2v) is 3.10. The highest BCUT2D eigenvalue weighted by molar-refractivity contribution is 5.86. The van der Waals surface area contributed by atoms with Gasteiger partial charge < -0.3 is 15.8 Å². The van der Waals surface area contributed by atoms with Crippen LogP contribution in [0, 0.1) is 0 Å². The zero-order valence-electron chi connectivity index (χ0n) is 8.71. The van der Waals surface area contributed by atoms with Crippen molar-refractivity contribution in [3.63, 3.8) is 0 Å². The van der Waals surface area contributed by atoms with Gasteiger partial charge in [-0.3, -0.25) is 9.59 Å². The average Bonchev–Trinajstić information content (AvgIpc) is 2.12. The van der Waals surface area contributed by atoms with Gasteiger partial charge in [0.25, 0.3) is 0 Å². The Balaban J connectivity index is 3.95. The van der Waals surface area contributed by atoms with Gasteiger partial charge in [0.2, 0.25) is 11.8 Å². The van der Waals surface area contributed by atoms with E-state index in [0.717, 1.165) is 12.8 Å². The van der Waals surface area contributed by atoms with E-state index in [1.165, 1.54) is 7.11 Å². The smallest absolute Gasteiger partial charge is 0.246 e. The Labute approximate surface area is 84.0 Å². The summed E-state index contributed by atoms with van der Waals surface area (Å²) in [6.45, 7) is 1.96. The Morgan fingerprint density at radius 1 is 1.50 bits per heavy atom. The molecule has 3 N–H and O–H groups in total. The molecule has 1 atom stereocenters. The third-order valence-corrected chi connectivity index (χ3v) is 1.80. The van der Waals surface area contributed by atoms with E-state index in [0.29, 0.717) is 6.42 Å². The second-order valence-electron chi connectivity index (χ2n) is 3.10. The Bertz CT molecular complexity index is 194. The number of methoxy groups -OCH3 is 1. The minimum Gasteiger partial charge on any atom is -0.375 e. The molecule has 0 rings (SSSR count). The van der Waals surface area contributed by atoms with Crippen LogP contribution in [-0.4, -0.2) is 31.6 Å². The van der Waals surface area contributed by atoms with E-state index in [9.17, 15) is 9.59 Å². The van der Waals surface area contributed by atoms with Gasteiger partial charge in [0, 0.05) is 7.11 Å². The van der Waals surface area contributed by atoms with E-state index >= 15 is 0 Å². The molecule has 0 aromatic carbocycles. The lowest BCUT2D eigenvalue weighted by Crippen LogP contribution is -2.45. The number of ether oxygens (including phenoxy) is 1. The molecule has 0 saturated carbocycles. The van der Waals surface area contributed by atoms with Gasteiger partial charge in [-0.2, -0.15) is 0 Å². The molecule has 0 unspecified atom stereocenters. The Kier molecular flexibility index (Phi) is 6.74. The highest BCUT2D eigenvalue weighted by atomic mass is 16.5. The molecule has 0 spiro atoms. The summed E-state index contributed by atoms with van der Waals surface area (Å²) in [4.78, 5) is 22.0. The molecule has 5 heteroatoms. The molecule has 0 aliphatic rings. The van der Waals surface area contributed by atoms with Gasteiger partial charge in [-0.1, -0.05) is 19.8 Å². The summed E-state index contributed by atoms with van der Waals surface area (Å²) in [5.74, 6) is -0.810. The SMILES string of the molecule is CCCC[C@H](NC(=O)COC)C(N)=O. The fourth-order valence-corrected chi connectivity index (χ4v) is 1.06. The van der Waals surface area contributed by atoms with Crippen molar-refractivity contribution in [2.45, 2.75) is 32.2 Å². The molecule has 82 valence electrons. The highest BCUT2D eigenvalue weighted by Crippen LogP contribution is 1.99. The average molecular weight is 202 g/mol. The first-order valence-electron chi connectivity index (χ1n) is 4.69. The lowest BCUT2D eigenvalue weighted by molar-refractivity contribution is -0.129. The number of hydrogen-bond acceptors (Lipinski definition) is 3. The van der Waals surface area contributed by atoms with Gasteiger partial charge in [-0.05, 0) is 6.42 Å². The number of nitrogens with two attached hydrogens (primary N) is 1. The molecule has 0 fully saturated rings. The van der Waals surface area contributed by atoms with Crippen LogP contribution in [0.2, 0.25) is 0 Å². The normalized spacial score (nSPS) is 12.1. The van der Waals surface area contributed by atoms with Crippen LogP contribution in [0.3, 0.4) is 0 Å².